The van der Waals surface area contributed by atoms with Crippen LogP contribution in [0.5, 0.6) is 0 Å². The van der Waals surface area contributed by atoms with Crippen molar-refractivity contribution < 1.29 is 14.3 Å². The standard InChI is InChI=1S/C12H19NO3/c1-4-6-8-15-11(7-5-2)16-12(14)10(3)9-13/h11H,3-8H2,1-2H3. The molecule has 4 nitrogen and oxygen atoms in total. The van der Waals surface area contributed by atoms with Gasteiger partial charge < -0.3 is 9.47 Å². The van der Waals surface area contributed by atoms with Crippen LogP contribution in [0.15, 0.2) is 12.2 Å². The Labute approximate surface area is 96.8 Å². The minimum Gasteiger partial charge on any atom is -0.432 e. The highest BCUT2D eigenvalue weighted by molar-refractivity contribution is 5.91. The van der Waals surface area contributed by atoms with Crippen molar-refractivity contribution in [3.8, 4) is 6.07 Å². The summed E-state index contributed by atoms with van der Waals surface area (Å²) in [6.07, 6.45) is 2.88. The zero-order chi connectivity index (χ0) is 12.4. The lowest BCUT2D eigenvalue weighted by molar-refractivity contribution is -0.175. The molecule has 1 atom stereocenters. The van der Waals surface area contributed by atoms with Crippen molar-refractivity contribution in [2.75, 3.05) is 6.61 Å². The van der Waals surface area contributed by atoms with E-state index in [0.29, 0.717) is 13.0 Å². The second kappa shape index (κ2) is 8.93. The minimum absolute atomic E-state index is 0.194. The Morgan fingerprint density at radius 3 is 2.62 bits per heavy atom. The number of rotatable bonds is 8. The summed E-state index contributed by atoms with van der Waals surface area (Å²) in [6, 6.07) is 1.65. The molecule has 0 saturated heterocycles. The summed E-state index contributed by atoms with van der Waals surface area (Å²) in [5.41, 5.74) is -0.194. The van der Waals surface area contributed by atoms with Crippen LogP contribution >= 0.6 is 0 Å². The fourth-order valence-electron chi connectivity index (χ4n) is 1.01. The Bertz CT molecular complexity index is 268. The van der Waals surface area contributed by atoms with Gasteiger partial charge in [0, 0.05) is 6.42 Å². The van der Waals surface area contributed by atoms with E-state index in [0.717, 1.165) is 19.3 Å². The van der Waals surface area contributed by atoms with E-state index in [-0.39, 0.29) is 5.57 Å². The predicted octanol–water partition coefficient (Wildman–Crippen LogP) is 2.55. The fraction of sp³-hybridized carbons (Fsp3) is 0.667. The number of carbonyl (C=O) groups excluding carboxylic acids is 1. The molecule has 0 aliphatic heterocycles. The summed E-state index contributed by atoms with van der Waals surface area (Å²) < 4.78 is 10.4. The highest BCUT2D eigenvalue weighted by Crippen LogP contribution is 2.08. The van der Waals surface area contributed by atoms with E-state index in [1.165, 1.54) is 0 Å². The van der Waals surface area contributed by atoms with Crippen LogP contribution in [0.1, 0.15) is 39.5 Å². The first-order valence-corrected chi connectivity index (χ1v) is 5.57. The van der Waals surface area contributed by atoms with E-state index < -0.39 is 12.3 Å². The molecule has 0 amide bonds. The van der Waals surface area contributed by atoms with Crippen LogP contribution in [-0.2, 0) is 14.3 Å². The van der Waals surface area contributed by atoms with E-state index in [1.807, 2.05) is 6.92 Å². The monoisotopic (exact) mass is 225 g/mol. The summed E-state index contributed by atoms with van der Waals surface area (Å²) in [7, 11) is 0. The number of ether oxygens (including phenoxy) is 2. The van der Waals surface area contributed by atoms with Gasteiger partial charge in [0.2, 0.25) is 6.29 Å². The first-order valence-electron chi connectivity index (χ1n) is 5.57. The molecule has 0 saturated carbocycles. The topological polar surface area (TPSA) is 59.3 Å². The van der Waals surface area contributed by atoms with Gasteiger partial charge >= 0.3 is 5.97 Å². The van der Waals surface area contributed by atoms with E-state index in [2.05, 4.69) is 13.5 Å². The molecule has 90 valence electrons. The van der Waals surface area contributed by atoms with Crippen LogP contribution in [0.2, 0.25) is 0 Å². The molecule has 0 spiro atoms. The molecule has 0 N–H and O–H groups in total. The number of esters is 1. The highest BCUT2D eigenvalue weighted by atomic mass is 16.7. The highest BCUT2D eigenvalue weighted by Gasteiger charge is 2.16. The lowest BCUT2D eigenvalue weighted by Gasteiger charge is -2.17. The first kappa shape index (κ1) is 14.7. The van der Waals surface area contributed by atoms with Crippen LogP contribution in [0.3, 0.4) is 0 Å². The third-order valence-electron chi connectivity index (χ3n) is 1.95. The Morgan fingerprint density at radius 2 is 2.12 bits per heavy atom. The zero-order valence-corrected chi connectivity index (χ0v) is 9.99. The molecule has 4 heteroatoms. The Hall–Kier alpha value is -1.34. The van der Waals surface area contributed by atoms with E-state index in [1.54, 1.807) is 6.07 Å². The van der Waals surface area contributed by atoms with Crippen molar-refractivity contribution in [1.82, 2.24) is 0 Å². The van der Waals surface area contributed by atoms with Crippen LogP contribution in [0, 0.1) is 11.3 Å². The molecule has 1 unspecified atom stereocenters. The smallest absolute Gasteiger partial charge is 0.350 e. The fourth-order valence-corrected chi connectivity index (χ4v) is 1.01. The van der Waals surface area contributed by atoms with Crippen LogP contribution in [-0.4, -0.2) is 18.9 Å². The van der Waals surface area contributed by atoms with Gasteiger partial charge in [-0.3, -0.25) is 0 Å². The van der Waals surface area contributed by atoms with Crippen molar-refractivity contribution in [1.29, 1.82) is 5.26 Å². The molecule has 16 heavy (non-hydrogen) atoms. The molecule has 0 aromatic rings. The Balaban J connectivity index is 4.07. The van der Waals surface area contributed by atoms with Gasteiger partial charge in [0.1, 0.15) is 11.6 Å². The summed E-state index contributed by atoms with van der Waals surface area (Å²) >= 11 is 0. The summed E-state index contributed by atoms with van der Waals surface area (Å²) in [6.45, 7) is 7.89. The molecule has 0 aliphatic carbocycles. The molecule has 0 fully saturated rings. The number of carbonyl (C=O) groups is 1. The Kier molecular flexibility index (Phi) is 8.18. The molecular formula is C12H19NO3. The van der Waals surface area contributed by atoms with Gasteiger partial charge in [-0.25, -0.2) is 4.79 Å². The van der Waals surface area contributed by atoms with Crippen LogP contribution in [0.4, 0.5) is 0 Å². The number of hydrogen-bond donors (Lipinski definition) is 0. The molecule has 0 bridgehead atoms. The van der Waals surface area contributed by atoms with Crippen molar-refractivity contribution in [3.05, 3.63) is 12.2 Å². The Morgan fingerprint density at radius 1 is 1.44 bits per heavy atom. The van der Waals surface area contributed by atoms with Gasteiger partial charge in [-0.15, -0.1) is 0 Å². The third kappa shape index (κ3) is 6.20. The van der Waals surface area contributed by atoms with Gasteiger partial charge in [-0.2, -0.15) is 5.26 Å². The maximum absolute atomic E-state index is 11.3. The average molecular weight is 225 g/mol. The third-order valence-corrected chi connectivity index (χ3v) is 1.95. The molecule has 0 radical (unpaired) electrons. The lowest BCUT2D eigenvalue weighted by Crippen LogP contribution is -2.22. The molecule has 0 aromatic heterocycles. The van der Waals surface area contributed by atoms with Crippen LogP contribution in [0.25, 0.3) is 0 Å². The van der Waals surface area contributed by atoms with Gasteiger partial charge in [0.15, 0.2) is 0 Å². The summed E-state index contributed by atoms with van der Waals surface area (Å²) in [4.78, 5) is 11.3. The van der Waals surface area contributed by atoms with Crippen molar-refractivity contribution in [2.45, 2.75) is 45.8 Å². The SMILES string of the molecule is C=C(C#N)C(=O)OC(CCC)OCCCC. The molecule has 0 heterocycles. The van der Waals surface area contributed by atoms with Crippen molar-refractivity contribution >= 4 is 5.97 Å². The average Bonchev–Trinajstić information content (AvgIpc) is 2.28. The largest absolute Gasteiger partial charge is 0.432 e. The zero-order valence-electron chi connectivity index (χ0n) is 9.99. The summed E-state index contributed by atoms with van der Waals surface area (Å²) in [5.74, 6) is -0.697. The molecule has 0 rings (SSSR count). The molecule has 0 aromatic carbocycles. The van der Waals surface area contributed by atoms with Gasteiger partial charge in [0.05, 0.1) is 6.61 Å². The van der Waals surface area contributed by atoms with E-state index >= 15 is 0 Å². The van der Waals surface area contributed by atoms with Crippen molar-refractivity contribution in [2.24, 2.45) is 0 Å². The van der Waals surface area contributed by atoms with E-state index in [9.17, 15) is 4.79 Å². The number of nitriles is 1. The second-order valence-corrected chi connectivity index (χ2v) is 3.44. The first-order chi connectivity index (χ1) is 7.65. The predicted molar refractivity (Wildman–Crippen MR) is 60.4 cm³/mol. The molecular weight excluding hydrogens is 206 g/mol. The maximum atomic E-state index is 11.3. The number of hydrogen-bond acceptors (Lipinski definition) is 4. The quantitative estimate of drug-likeness (QED) is 0.209. The van der Waals surface area contributed by atoms with Gasteiger partial charge in [-0.1, -0.05) is 33.3 Å². The van der Waals surface area contributed by atoms with Crippen molar-refractivity contribution in [3.63, 3.8) is 0 Å². The normalized spacial score (nSPS) is 11.6. The minimum atomic E-state index is -0.697. The second-order valence-electron chi connectivity index (χ2n) is 3.44. The number of unbranched alkanes of at least 4 members (excludes halogenated alkanes) is 1. The maximum Gasteiger partial charge on any atom is 0.350 e. The van der Waals surface area contributed by atoms with Gasteiger partial charge in [0.25, 0.3) is 0 Å². The van der Waals surface area contributed by atoms with Crippen LogP contribution < -0.4 is 0 Å². The molecule has 0 aliphatic rings. The summed E-state index contributed by atoms with van der Waals surface area (Å²) in [5, 5.41) is 8.47. The number of nitrogens with zero attached hydrogens (tertiary/aromatic N) is 1. The lowest BCUT2D eigenvalue weighted by atomic mass is 10.3. The van der Waals surface area contributed by atoms with E-state index in [4.69, 9.17) is 14.7 Å². The van der Waals surface area contributed by atoms with Gasteiger partial charge in [-0.05, 0) is 6.42 Å².